The van der Waals surface area contributed by atoms with Gasteiger partial charge in [-0.05, 0) is 30.3 Å². The van der Waals surface area contributed by atoms with Gasteiger partial charge in [0, 0.05) is 56.4 Å². The average Bonchev–Trinajstić information content (AvgIpc) is 2.75. The SMILES string of the molecule is O=C(C1=NN(c2ccc(Cl)cc2)C(=O)CC1)N1CCN(c2ncccn2)CC1. The largest absolute Gasteiger partial charge is 0.337 e. The Hall–Kier alpha value is -3.00. The molecule has 1 fully saturated rings. The summed E-state index contributed by atoms with van der Waals surface area (Å²) in [6.07, 6.45) is 4.02. The Kier molecular flexibility index (Phi) is 5.21. The van der Waals surface area contributed by atoms with E-state index in [0.29, 0.717) is 55.0 Å². The Balaban J connectivity index is 1.45. The highest BCUT2D eigenvalue weighted by molar-refractivity contribution is 6.40. The molecule has 2 aromatic rings. The highest BCUT2D eigenvalue weighted by Gasteiger charge is 2.30. The lowest BCUT2D eigenvalue weighted by Gasteiger charge is -2.35. The quantitative estimate of drug-likeness (QED) is 0.789. The van der Waals surface area contributed by atoms with Crippen molar-refractivity contribution < 1.29 is 9.59 Å². The Bertz CT molecular complexity index is 894. The van der Waals surface area contributed by atoms with E-state index in [1.807, 2.05) is 0 Å². The number of anilines is 2. The number of halogens is 1. The van der Waals surface area contributed by atoms with Gasteiger partial charge in [-0.15, -0.1) is 0 Å². The lowest BCUT2D eigenvalue weighted by Crippen LogP contribution is -2.52. The number of rotatable bonds is 3. The van der Waals surface area contributed by atoms with Gasteiger partial charge < -0.3 is 9.80 Å². The van der Waals surface area contributed by atoms with Crippen molar-refractivity contribution in [2.75, 3.05) is 36.1 Å². The summed E-state index contributed by atoms with van der Waals surface area (Å²) in [5.74, 6) is 0.411. The van der Waals surface area contributed by atoms with Gasteiger partial charge in [0.2, 0.25) is 11.9 Å². The van der Waals surface area contributed by atoms with E-state index in [-0.39, 0.29) is 18.2 Å². The third-order valence-electron chi connectivity index (χ3n) is 4.75. The summed E-state index contributed by atoms with van der Waals surface area (Å²) in [6.45, 7) is 2.43. The Labute approximate surface area is 167 Å². The summed E-state index contributed by atoms with van der Waals surface area (Å²) in [4.78, 5) is 37.5. The number of benzene rings is 1. The number of hydrogen-bond donors (Lipinski definition) is 0. The molecule has 28 heavy (non-hydrogen) atoms. The van der Waals surface area contributed by atoms with E-state index in [1.54, 1.807) is 47.6 Å². The fraction of sp³-hybridized carbons (Fsp3) is 0.316. The van der Waals surface area contributed by atoms with Crippen LogP contribution in [0.2, 0.25) is 5.02 Å². The van der Waals surface area contributed by atoms with Crippen LogP contribution in [0.25, 0.3) is 0 Å². The standard InChI is InChI=1S/C19H19ClN6O2/c20-14-2-4-15(5-3-14)26-17(27)7-6-16(23-26)18(28)24-10-12-25(13-11-24)19-21-8-1-9-22-19/h1-5,8-9H,6-7,10-13H2. The first kappa shape index (κ1) is 18.4. The fourth-order valence-corrected chi connectivity index (χ4v) is 3.36. The smallest absolute Gasteiger partial charge is 0.270 e. The van der Waals surface area contributed by atoms with Crippen LogP contribution in [0.3, 0.4) is 0 Å². The second-order valence-electron chi connectivity index (χ2n) is 6.56. The van der Waals surface area contributed by atoms with Gasteiger partial charge in [0.05, 0.1) is 5.69 Å². The van der Waals surface area contributed by atoms with Crippen molar-refractivity contribution in [3.63, 3.8) is 0 Å². The number of nitrogens with zero attached hydrogens (tertiary/aromatic N) is 6. The second-order valence-corrected chi connectivity index (χ2v) is 6.99. The Morgan fingerprint density at radius 3 is 2.32 bits per heavy atom. The number of hydrogen-bond acceptors (Lipinski definition) is 6. The normalized spacial score (nSPS) is 17.5. The zero-order chi connectivity index (χ0) is 19.5. The van der Waals surface area contributed by atoms with Crippen molar-refractivity contribution in [3.8, 4) is 0 Å². The molecule has 0 spiro atoms. The molecule has 144 valence electrons. The maximum absolute atomic E-state index is 12.9. The molecule has 1 aromatic carbocycles. The number of carbonyl (C=O) groups is 2. The monoisotopic (exact) mass is 398 g/mol. The third kappa shape index (κ3) is 3.82. The van der Waals surface area contributed by atoms with Gasteiger partial charge in [0.1, 0.15) is 5.71 Å². The fourth-order valence-electron chi connectivity index (χ4n) is 3.24. The Morgan fingerprint density at radius 2 is 1.64 bits per heavy atom. The van der Waals surface area contributed by atoms with Crippen LogP contribution in [0.15, 0.2) is 47.8 Å². The minimum Gasteiger partial charge on any atom is -0.337 e. The molecule has 0 saturated carbocycles. The molecule has 0 atom stereocenters. The van der Waals surface area contributed by atoms with Crippen molar-refractivity contribution in [2.45, 2.75) is 12.8 Å². The minimum absolute atomic E-state index is 0.125. The van der Waals surface area contributed by atoms with E-state index in [4.69, 9.17) is 11.6 Å². The number of aromatic nitrogens is 2. The van der Waals surface area contributed by atoms with Crippen molar-refractivity contribution in [2.24, 2.45) is 5.10 Å². The predicted molar refractivity (Wildman–Crippen MR) is 106 cm³/mol. The van der Waals surface area contributed by atoms with Gasteiger partial charge in [0.15, 0.2) is 0 Å². The summed E-state index contributed by atoms with van der Waals surface area (Å²) in [5, 5.41) is 6.21. The second kappa shape index (κ2) is 7.93. The molecule has 1 aromatic heterocycles. The molecule has 3 heterocycles. The third-order valence-corrected chi connectivity index (χ3v) is 5.00. The topological polar surface area (TPSA) is 82.0 Å². The molecule has 1 saturated heterocycles. The number of hydrazone groups is 1. The maximum Gasteiger partial charge on any atom is 0.270 e. The lowest BCUT2D eigenvalue weighted by atomic mass is 10.1. The van der Waals surface area contributed by atoms with Crippen LogP contribution in [0.1, 0.15) is 12.8 Å². The van der Waals surface area contributed by atoms with Gasteiger partial charge in [-0.1, -0.05) is 11.6 Å². The van der Waals surface area contributed by atoms with Crippen molar-refractivity contribution in [1.29, 1.82) is 0 Å². The van der Waals surface area contributed by atoms with Crippen LogP contribution < -0.4 is 9.91 Å². The van der Waals surface area contributed by atoms with Crippen molar-refractivity contribution in [1.82, 2.24) is 14.9 Å². The van der Waals surface area contributed by atoms with E-state index in [9.17, 15) is 9.59 Å². The Morgan fingerprint density at radius 1 is 0.964 bits per heavy atom. The summed E-state index contributed by atoms with van der Waals surface area (Å²) in [7, 11) is 0. The molecule has 2 aliphatic heterocycles. The van der Waals surface area contributed by atoms with Crippen molar-refractivity contribution >= 4 is 40.8 Å². The molecule has 4 rings (SSSR count). The van der Waals surface area contributed by atoms with E-state index in [1.165, 1.54) is 5.01 Å². The highest BCUT2D eigenvalue weighted by atomic mass is 35.5. The number of amides is 2. The summed E-state index contributed by atoms with van der Waals surface area (Å²) < 4.78 is 0. The van der Waals surface area contributed by atoms with Crippen LogP contribution in [0.4, 0.5) is 11.6 Å². The predicted octanol–water partition coefficient (Wildman–Crippen LogP) is 1.96. The average molecular weight is 399 g/mol. The van der Waals surface area contributed by atoms with Gasteiger partial charge in [0.25, 0.3) is 5.91 Å². The van der Waals surface area contributed by atoms with Gasteiger partial charge in [-0.3, -0.25) is 9.59 Å². The van der Waals surface area contributed by atoms with E-state index >= 15 is 0 Å². The summed E-state index contributed by atoms with van der Waals surface area (Å²) in [6, 6.07) is 8.60. The lowest BCUT2D eigenvalue weighted by molar-refractivity contribution is -0.124. The maximum atomic E-state index is 12.9. The summed E-state index contributed by atoms with van der Waals surface area (Å²) >= 11 is 5.91. The van der Waals surface area contributed by atoms with Gasteiger partial charge >= 0.3 is 0 Å². The summed E-state index contributed by atoms with van der Waals surface area (Å²) in [5.41, 5.74) is 1.00. The molecule has 0 aliphatic carbocycles. The van der Waals surface area contributed by atoms with Crippen LogP contribution in [0, 0.1) is 0 Å². The number of piperazine rings is 1. The zero-order valence-corrected chi connectivity index (χ0v) is 15.9. The van der Waals surface area contributed by atoms with Gasteiger partial charge in [-0.25, -0.2) is 15.0 Å². The number of carbonyl (C=O) groups excluding carboxylic acids is 2. The molecular formula is C19H19ClN6O2. The van der Waals surface area contributed by atoms with Gasteiger partial charge in [-0.2, -0.15) is 5.10 Å². The van der Waals surface area contributed by atoms with E-state index in [2.05, 4.69) is 20.0 Å². The van der Waals surface area contributed by atoms with Crippen LogP contribution in [-0.2, 0) is 9.59 Å². The first-order valence-electron chi connectivity index (χ1n) is 9.09. The molecule has 0 N–H and O–H groups in total. The van der Waals surface area contributed by atoms with Crippen LogP contribution >= 0.6 is 11.6 Å². The molecule has 0 bridgehead atoms. The zero-order valence-electron chi connectivity index (χ0n) is 15.2. The van der Waals surface area contributed by atoms with Crippen molar-refractivity contribution in [3.05, 3.63) is 47.7 Å². The molecule has 0 unspecified atom stereocenters. The highest BCUT2D eigenvalue weighted by Crippen LogP contribution is 2.23. The first-order valence-corrected chi connectivity index (χ1v) is 9.47. The van der Waals surface area contributed by atoms with E-state index in [0.717, 1.165) is 0 Å². The molecular weight excluding hydrogens is 380 g/mol. The van der Waals surface area contributed by atoms with E-state index < -0.39 is 0 Å². The minimum atomic E-state index is -0.134. The molecule has 2 amide bonds. The van der Waals surface area contributed by atoms with Crippen LogP contribution in [0.5, 0.6) is 0 Å². The molecule has 0 radical (unpaired) electrons. The van der Waals surface area contributed by atoms with Crippen LogP contribution in [-0.4, -0.2) is 58.6 Å². The molecule has 2 aliphatic rings. The molecule has 9 heteroatoms. The first-order chi connectivity index (χ1) is 13.6. The molecule has 8 nitrogen and oxygen atoms in total.